The van der Waals surface area contributed by atoms with E-state index in [1.165, 1.54) is 13.2 Å². The first-order chi connectivity index (χ1) is 9.72. The third kappa shape index (κ3) is 3.41. The van der Waals surface area contributed by atoms with Crippen molar-refractivity contribution in [1.82, 2.24) is 0 Å². The molecule has 1 amide bonds. The molecule has 0 bridgehead atoms. The molecule has 0 saturated heterocycles. The van der Waals surface area contributed by atoms with Crippen LogP contribution in [0.5, 0.6) is 11.5 Å². The number of hydrogen-bond acceptors (Lipinski definition) is 4. The Balaban J connectivity index is 2.10. The molecule has 0 saturated carbocycles. The van der Waals surface area contributed by atoms with Crippen LogP contribution in [0, 0.1) is 0 Å². The summed E-state index contributed by atoms with van der Waals surface area (Å²) in [4.78, 5) is 11.8. The lowest BCUT2D eigenvalue weighted by atomic mass is 10.2. The van der Waals surface area contributed by atoms with Crippen molar-refractivity contribution in [3.8, 4) is 11.5 Å². The molecule has 0 aliphatic heterocycles. The number of anilines is 1. The van der Waals surface area contributed by atoms with Gasteiger partial charge in [-0.25, -0.2) is 0 Å². The molecular weight excluding hydrogens is 258 g/mol. The van der Waals surface area contributed by atoms with Gasteiger partial charge in [0.05, 0.1) is 26.2 Å². The molecule has 1 aromatic carbocycles. The highest BCUT2D eigenvalue weighted by molar-refractivity contribution is 6.02. The van der Waals surface area contributed by atoms with E-state index < -0.39 is 0 Å². The maximum atomic E-state index is 11.8. The minimum Gasteiger partial charge on any atom is -0.497 e. The van der Waals surface area contributed by atoms with Gasteiger partial charge in [-0.2, -0.15) is 0 Å². The van der Waals surface area contributed by atoms with Crippen molar-refractivity contribution >= 4 is 17.7 Å². The van der Waals surface area contributed by atoms with Crippen LogP contribution in [-0.2, 0) is 4.79 Å². The lowest BCUT2D eigenvalue weighted by Gasteiger charge is -2.10. The molecular formula is C15H15NO4. The number of amides is 1. The Bertz CT molecular complexity index is 602. The fraction of sp³-hybridized carbons (Fsp3) is 0.133. The smallest absolute Gasteiger partial charge is 0.248 e. The average molecular weight is 273 g/mol. The van der Waals surface area contributed by atoms with Crippen LogP contribution >= 0.6 is 0 Å². The summed E-state index contributed by atoms with van der Waals surface area (Å²) < 4.78 is 15.4. The van der Waals surface area contributed by atoms with Gasteiger partial charge in [0, 0.05) is 12.1 Å². The molecule has 0 spiro atoms. The molecule has 0 radical (unpaired) electrons. The van der Waals surface area contributed by atoms with Crippen molar-refractivity contribution in [2.75, 3.05) is 19.5 Å². The van der Waals surface area contributed by atoms with E-state index in [0.717, 1.165) is 0 Å². The SMILES string of the molecule is COc1ccc(OC)c(NC(=O)C=Cc2ccco2)c1. The Hall–Kier alpha value is -2.69. The third-order valence-corrected chi connectivity index (χ3v) is 2.61. The average Bonchev–Trinajstić information content (AvgIpc) is 2.98. The summed E-state index contributed by atoms with van der Waals surface area (Å²) in [6.45, 7) is 0. The van der Waals surface area contributed by atoms with Crippen LogP contribution in [-0.4, -0.2) is 20.1 Å². The number of carbonyl (C=O) groups excluding carboxylic acids is 1. The number of methoxy groups -OCH3 is 2. The molecule has 0 aliphatic carbocycles. The minimum absolute atomic E-state index is 0.284. The normalized spacial score (nSPS) is 10.5. The number of furan rings is 1. The van der Waals surface area contributed by atoms with E-state index in [2.05, 4.69) is 5.32 Å². The zero-order chi connectivity index (χ0) is 14.4. The number of hydrogen-bond donors (Lipinski definition) is 1. The van der Waals surface area contributed by atoms with Crippen LogP contribution < -0.4 is 14.8 Å². The first kappa shape index (κ1) is 13.7. The van der Waals surface area contributed by atoms with Gasteiger partial charge in [0.25, 0.3) is 0 Å². The second-order valence-corrected chi connectivity index (χ2v) is 3.90. The van der Waals surface area contributed by atoms with E-state index in [4.69, 9.17) is 13.9 Å². The summed E-state index contributed by atoms with van der Waals surface area (Å²) in [5.41, 5.74) is 0.543. The van der Waals surface area contributed by atoms with Crippen molar-refractivity contribution in [3.05, 3.63) is 48.4 Å². The molecule has 1 heterocycles. The predicted molar refractivity (Wildman–Crippen MR) is 75.9 cm³/mol. The van der Waals surface area contributed by atoms with Crippen LogP contribution in [0.4, 0.5) is 5.69 Å². The van der Waals surface area contributed by atoms with Gasteiger partial charge in [-0.15, -0.1) is 0 Å². The van der Waals surface area contributed by atoms with Crippen molar-refractivity contribution < 1.29 is 18.7 Å². The summed E-state index contributed by atoms with van der Waals surface area (Å²) in [6, 6.07) is 8.69. The Morgan fingerprint density at radius 3 is 2.75 bits per heavy atom. The summed E-state index contributed by atoms with van der Waals surface area (Å²) in [5, 5.41) is 2.73. The van der Waals surface area contributed by atoms with Crippen LogP contribution in [0.15, 0.2) is 47.1 Å². The standard InChI is InChI=1S/C15H15NO4/c1-18-12-5-7-14(19-2)13(10-12)16-15(17)8-6-11-4-3-9-20-11/h3-10H,1-2H3,(H,16,17). The molecule has 104 valence electrons. The number of rotatable bonds is 5. The van der Waals surface area contributed by atoms with Crippen molar-refractivity contribution in [1.29, 1.82) is 0 Å². The molecule has 1 aromatic heterocycles. The van der Waals surface area contributed by atoms with E-state index in [9.17, 15) is 4.79 Å². The second kappa shape index (κ2) is 6.47. The summed E-state index contributed by atoms with van der Waals surface area (Å²) in [5.74, 6) is 1.52. The highest BCUT2D eigenvalue weighted by Gasteiger charge is 2.07. The minimum atomic E-state index is -0.284. The lowest BCUT2D eigenvalue weighted by molar-refractivity contribution is -0.111. The summed E-state index contributed by atoms with van der Waals surface area (Å²) in [6.07, 6.45) is 4.52. The molecule has 20 heavy (non-hydrogen) atoms. The van der Waals surface area contributed by atoms with Gasteiger partial charge in [-0.05, 0) is 30.3 Å². The Kier molecular flexibility index (Phi) is 4.44. The molecule has 0 aliphatic rings. The molecule has 2 rings (SSSR count). The van der Waals surface area contributed by atoms with E-state index in [-0.39, 0.29) is 5.91 Å². The molecule has 5 heteroatoms. The largest absolute Gasteiger partial charge is 0.497 e. The predicted octanol–water partition coefficient (Wildman–Crippen LogP) is 2.95. The maximum absolute atomic E-state index is 11.8. The van der Waals surface area contributed by atoms with Gasteiger partial charge in [0.1, 0.15) is 17.3 Å². The van der Waals surface area contributed by atoms with Crippen molar-refractivity contribution in [2.45, 2.75) is 0 Å². The number of benzene rings is 1. The van der Waals surface area contributed by atoms with Gasteiger partial charge < -0.3 is 19.2 Å². The second-order valence-electron chi connectivity index (χ2n) is 3.90. The topological polar surface area (TPSA) is 60.7 Å². The van der Waals surface area contributed by atoms with Crippen LogP contribution in [0.1, 0.15) is 5.76 Å². The first-order valence-corrected chi connectivity index (χ1v) is 5.97. The van der Waals surface area contributed by atoms with Crippen molar-refractivity contribution in [2.24, 2.45) is 0 Å². The van der Waals surface area contributed by atoms with Crippen LogP contribution in [0.2, 0.25) is 0 Å². The lowest BCUT2D eigenvalue weighted by Crippen LogP contribution is -2.09. The number of carbonyl (C=O) groups is 1. The molecule has 2 aromatic rings. The molecule has 0 atom stereocenters. The Morgan fingerprint density at radius 2 is 2.10 bits per heavy atom. The summed E-state index contributed by atoms with van der Waals surface area (Å²) >= 11 is 0. The van der Waals surface area contributed by atoms with Gasteiger partial charge in [-0.3, -0.25) is 4.79 Å². The van der Waals surface area contributed by atoms with E-state index in [1.807, 2.05) is 0 Å². The fourth-order valence-corrected chi connectivity index (χ4v) is 1.63. The van der Waals surface area contributed by atoms with Gasteiger partial charge in [0.2, 0.25) is 5.91 Å². The number of ether oxygens (including phenoxy) is 2. The highest BCUT2D eigenvalue weighted by Crippen LogP contribution is 2.28. The van der Waals surface area contributed by atoms with Gasteiger partial charge in [0.15, 0.2) is 0 Å². The van der Waals surface area contributed by atoms with Crippen LogP contribution in [0.3, 0.4) is 0 Å². The highest BCUT2D eigenvalue weighted by atomic mass is 16.5. The molecule has 1 N–H and O–H groups in total. The van der Waals surface area contributed by atoms with E-state index in [1.54, 1.807) is 49.8 Å². The number of nitrogens with one attached hydrogen (secondary N) is 1. The quantitative estimate of drug-likeness (QED) is 0.851. The van der Waals surface area contributed by atoms with Gasteiger partial charge >= 0.3 is 0 Å². The molecule has 0 unspecified atom stereocenters. The Labute approximate surface area is 116 Å². The Morgan fingerprint density at radius 1 is 1.25 bits per heavy atom. The zero-order valence-corrected chi connectivity index (χ0v) is 11.3. The molecule has 0 fully saturated rings. The fourth-order valence-electron chi connectivity index (χ4n) is 1.63. The van der Waals surface area contributed by atoms with Crippen LogP contribution in [0.25, 0.3) is 6.08 Å². The monoisotopic (exact) mass is 273 g/mol. The molecule has 5 nitrogen and oxygen atoms in total. The maximum Gasteiger partial charge on any atom is 0.248 e. The zero-order valence-electron chi connectivity index (χ0n) is 11.3. The first-order valence-electron chi connectivity index (χ1n) is 5.97. The summed E-state index contributed by atoms with van der Waals surface area (Å²) in [7, 11) is 3.10. The van der Waals surface area contributed by atoms with Gasteiger partial charge in [-0.1, -0.05) is 0 Å². The van der Waals surface area contributed by atoms with Crippen molar-refractivity contribution in [3.63, 3.8) is 0 Å². The third-order valence-electron chi connectivity index (χ3n) is 2.61. The van der Waals surface area contributed by atoms with E-state index in [0.29, 0.717) is 22.9 Å². The van der Waals surface area contributed by atoms with E-state index >= 15 is 0 Å².